The van der Waals surface area contributed by atoms with Gasteiger partial charge in [-0.15, -0.1) is 0 Å². The van der Waals surface area contributed by atoms with Gasteiger partial charge in [0.25, 0.3) is 0 Å². The predicted octanol–water partition coefficient (Wildman–Crippen LogP) is 3.55. The number of carbonyl (C=O) groups is 1. The first-order chi connectivity index (χ1) is 7.20. The Labute approximate surface area is 90.3 Å². The van der Waals surface area contributed by atoms with Gasteiger partial charge in [-0.2, -0.15) is 0 Å². The smallest absolute Gasteiger partial charge is 0.185 e. The molecule has 1 aromatic carbocycles. The van der Waals surface area contributed by atoms with E-state index in [-0.39, 0.29) is 10.8 Å². The van der Waals surface area contributed by atoms with Crippen molar-refractivity contribution in [3.05, 3.63) is 46.9 Å². The first kappa shape index (κ1) is 9.93. The highest BCUT2D eigenvalue weighted by atomic mass is 35.5. The SMILES string of the molecule is O=Cc1ccc(-c2ccc(F)c(Cl)c2)o1. The zero-order chi connectivity index (χ0) is 10.8. The molecule has 0 amide bonds. The van der Waals surface area contributed by atoms with Gasteiger partial charge in [-0.3, -0.25) is 4.79 Å². The Hall–Kier alpha value is -1.61. The fourth-order valence-corrected chi connectivity index (χ4v) is 1.40. The average Bonchev–Trinajstić information content (AvgIpc) is 2.70. The molecular weight excluding hydrogens is 219 g/mol. The highest BCUT2D eigenvalue weighted by Gasteiger charge is 2.06. The highest BCUT2D eigenvalue weighted by molar-refractivity contribution is 6.31. The van der Waals surface area contributed by atoms with Crippen molar-refractivity contribution >= 4 is 17.9 Å². The third-order valence-electron chi connectivity index (χ3n) is 1.95. The van der Waals surface area contributed by atoms with E-state index in [1.807, 2.05) is 0 Å². The Kier molecular flexibility index (Phi) is 2.56. The van der Waals surface area contributed by atoms with Crippen molar-refractivity contribution in [3.63, 3.8) is 0 Å². The molecule has 0 saturated heterocycles. The summed E-state index contributed by atoms with van der Waals surface area (Å²) in [6, 6.07) is 7.41. The largest absolute Gasteiger partial charge is 0.453 e. The van der Waals surface area contributed by atoms with Crippen LogP contribution in [0.4, 0.5) is 4.39 Å². The molecule has 0 unspecified atom stereocenters. The van der Waals surface area contributed by atoms with Crippen molar-refractivity contribution < 1.29 is 13.6 Å². The Morgan fingerprint density at radius 1 is 1.27 bits per heavy atom. The molecule has 0 aliphatic rings. The number of carbonyl (C=O) groups excluding carboxylic acids is 1. The average molecular weight is 225 g/mol. The van der Waals surface area contributed by atoms with Gasteiger partial charge in [0, 0.05) is 5.56 Å². The van der Waals surface area contributed by atoms with Crippen LogP contribution in [0.25, 0.3) is 11.3 Å². The topological polar surface area (TPSA) is 30.2 Å². The minimum atomic E-state index is -0.484. The molecule has 1 heterocycles. The fraction of sp³-hybridized carbons (Fsp3) is 0. The zero-order valence-electron chi connectivity index (χ0n) is 7.54. The molecule has 0 spiro atoms. The summed E-state index contributed by atoms with van der Waals surface area (Å²) in [7, 11) is 0. The lowest BCUT2D eigenvalue weighted by atomic mass is 10.2. The van der Waals surface area contributed by atoms with Crippen LogP contribution in [0.15, 0.2) is 34.7 Å². The summed E-state index contributed by atoms with van der Waals surface area (Å²) in [4.78, 5) is 10.4. The Bertz CT molecular complexity index is 505. The number of hydrogen-bond acceptors (Lipinski definition) is 2. The van der Waals surface area contributed by atoms with Crippen LogP contribution in [-0.4, -0.2) is 6.29 Å². The second-order valence-electron chi connectivity index (χ2n) is 2.95. The van der Waals surface area contributed by atoms with Gasteiger partial charge >= 0.3 is 0 Å². The van der Waals surface area contributed by atoms with Gasteiger partial charge in [0.2, 0.25) is 0 Å². The van der Waals surface area contributed by atoms with Gasteiger partial charge in [0.05, 0.1) is 5.02 Å². The molecule has 76 valence electrons. The quantitative estimate of drug-likeness (QED) is 0.731. The molecule has 0 bridgehead atoms. The van der Waals surface area contributed by atoms with Crippen molar-refractivity contribution in [2.45, 2.75) is 0 Å². The van der Waals surface area contributed by atoms with Crippen LogP contribution in [0.3, 0.4) is 0 Å². The molecule has 0 fully saturated rings. The number of furan rings is 1. The number of rotatable bonds is 2. The van der Waals surface area contributed by atoms with E-state index < -0.39 is 5.82 Å². The molecule has 1 aromatic heterocycles. The van der Waals surface area contributed by atoms with Crippen molar-refractivity contribution in [1.29, 1.82) is 0 Å². The van der Waals surface area contributed by atoms with Crippen LogP contribution in [0, 0.1) is 5.82 Å². The van der Waals surface area contributed by atoms with E-state index in [4.69, 9.17) is 16.0 Å². The molecule has 0 saturated carbocycles. The maximum Gasteiger partial charge on any atom is 0.185 e. The third-order valence-corrected chi connectivity index (χ3v) is 2.24. The summed E-state index contributed by atoms with van der Waals surface area (Å²) in [5.41, 5.74) is 0.634. The highest BCUT2D eigenvalue weighted by Crippen LogP contribution is 2.26. The molecular formula is C11H6ClFO2. The second kappa shape index (κ2) is 3.87. The van der Waals surface area contributed by atoms with E-state index in [9.17, 15) is 9.18 Å². The summed E-state index contributed by atoms with van der Waals surface area (Å²) in [5, 5.41) is 0.0246. The maximum absolute atomic E-state index is 12.9. The van der Waals surface area contributed by atoms with E-state index in [2.05, 4.69) is 0 Å². The van der Waals surface area contributed by atoms with Crippen LogP contribution in [-0.2, 0) is 0 Å². The molecule has 0 aliphatic heterocycles. The molecule has 15 heavy (non-hydrogen) atoms. The molecule has 2 nitrogen and oxygen atoms in total. The third kappa shape index (κ3) is 1.92. The number of aldehydes is 1. The Morgan fingerprint density at radius 2 is 2.07 bits per heavy atom. The summed E-state index contributed by atoms with van der Waals surface area (Å²) in [6.07, 6.45) is 0.606. The van der Waals surface area contributed by atoms with Gasteiger partial charge in [-0.25, -0.2) is 4.39 Å². The summed E-state index contributed by atoms with van der Waals surface area (Å²) in [6.45, 7) is 0. The predicted molar refractivity (Wildman–Crippen MR) is 54.5 cm³/mol. The molecule has 2 rings (SSSR count). The first-order valence-corrected chi connectivity index (χ1v) is 4.59. The maximum atomic E-state index is 12.9. The van der Waals surface area contributed by atoms with Gasteiger partial charge < -0.3 is 4.42 Å². The van der Waals surface area contributed by atoms with E-state index in [0.717, 1.165) is 0 Å². The number of benzene rings is 1. The van der Waals surface area contributed by atoms with Crippen molar-refractivity contribution in [1.82, 2.24) is 0 Å². The first-order valence-electron chi connectivity index (χ1n) is 4.21. The normalized spacial score (nSPS) is 10.3. The number of halogens is 2. The second-order valence-corrected chi connectivity index (χ2v) is 3.36. The Morgan fingerprint density at radius 3 is 2.67 bits per heavy atom. The van der Waals surface area contributed by atoms with Crippen LogP contribution in [0.2, 0.25) is 5.02 Å². The standard InChI is InChI=1S/C11H6ClFO2/c12-9-5-7(1-3-10(9)13)11-4-2-8(6-14)15-11/h1-6H. The monoisotopic (exact) mass is 224 g/mol. The van der Waals surface area contributed by atoms with Crippen molar-refractivity contribution in [2.24, 2.45) is 0 Å². The summed E-state index contributed by atoms with van der Waals surface area (Å²) < 4.78 is 18.0. The van der Waals surface area contributed by atoms with Gasteiger partial charge in [-0.05, 0) is 30.3 Å². The molecule has 0 N–H and O–H groups in total. The number of hydrogen-bond donors (Lipinski definition) is 0. The van der Waals surface area contributed by atoms with E-state index in [0.29, 0.717) is 17.6 Å². The molecule has 0 radical (unpaired) electrons. The molecule has 0 atom stereocenters. The van der Waals surface area contributed by atoms with Gasteiger partial charge in [0.1, 0.15) is 11.6 Å². The lowest BCUT2D eigenvalue weighted by Crippen LogP contribution is -1.79. The zero-order valence-corrected chi connectivity index (χ0v) is 8.29. The molecule has 2 aromatic rings. The van der Waals surface area contributed by atoms with Crippen LogP contribution in [0.5, 0.6) is 0 Å². The fourth-order valence-electron chi connectivity index (χ4n) is 1.22. The Balaban J connectivity index is 2.44. The van der Waals surface area contributed by atoms with E-state index >= 15 is 0 Å². The van der Waals surface area contributed by atoms with Crippen molar-refractivity contribution in [3.8, 4) is 11.3 Å². The van der Waals surface area contributed by atoms with E-state index in [1.165, 1.54) is 18.2 Å². The van der Waals surface area contributed by atoms with Crippen LogP contribution < -0.4 is 0 Å². The van der Waals surface area contributed by atoms with Crippen LogP contribution in [0.1, 0.15) is 10.6 Å². The minimum Gasteiger partial charge on any atom is -0.453 e. The van der Waals surface area contributed by atoms with E-state index in [1.54, 1.807) is 12.1 Å². The molecule has 0 aliphatic carbocycles. The lowest BCUT2D eigenvalue weighted by Gasteiger charge is -1.98. The van der Waals surface area contributed by atoms with Crippen LogP contribution >= 0.6 is 11.6 Å². The summed E-state index contributed by atoms with van der Waals surface area (Å²) in [5.74, 6) is 0.229. The summed E-state index contributed by atoms with van der Waals surface area (Å²) >= 11 is 5.62. The van der Waals surface area contributed by atoms with Crippen molar-refractivity contribution in [2.75, 3.05) is 0 Å². The lowest BCUT2D eigenvalue weighted by molar-refractivity contribution is 0.110. The molecule has 4 heteroatoms. The minimum absolute atomic E-state index is 0.0246. The van der Waals surface area contributed by atoms with Gasteiger partial charge in [0.15, 0.2) is 12.0 Å². The van der Waals surface area contributed by atoms with Gasteiger partial charge in [-0.1, -0.05) is 11.6 Å².